The first-order valence-corrected chi connectivity index (χ1v) is 12.5. The van der Waals surface area contributed by atoms with E-state index in [4.69, 9.17) is 16.3 Å². The number of benzene rings is 2. The quantitative estimate of drug-likeness (QED) is 0.182. The fourth-order valence-corrected chi connectivity index (χ4v) is 4.35. The second-order valence-corrected chi connectivity index (χ2v) is 8.96. The van der Waals surface area contributed by atoms with Crippen molar-refractivity contribution >= 4 is 23.5 Å². The number of aryl methyl sites for hydroxylation is 1. The molecular formula is C26H28ClN7O4. The van der Waals surface area contributed by atoms with Crippen molar-refractivity contribution in [3.05, 3.63) is 70.8 Å². The predicted octanol–water partition coefficient (Wildman–Crippen LogP) is 3.49. The van der Waals surface area contributed by atoms with Crippen molar-refractivity contribution in [2.24, 2.45) is 0 Å². The summed E-state index contributed by atoms with van der Waals surface area (Å²) in [5.41, 5.74) is 4.33. The molecule has 1 atom stereocenters. The molecule has 0 unspecified atom stereocenters. The van der Waals surface area contributed by atoms with Gasteiger partial charge in [-0.05, 0) is 35.4 Å². The molecular weight excluding hydrogens is 510 g/mol. The number of rotatable bonds is 12. The van der Waals surface area contributed by atoms with E-state index in [9.17, 15) is 14.7 Å². The zero-order valence-corrected chi connectivity index (χ0v) is 21.8. The number of tetrazole rings is 1. The highest BCUT2D eigenvalue weighted by Gasteiger charge is 2.27. The van der Waals surface area contributed by atoms with Gasteiger partial charge in [-0.2, -0.15) is 5.21 Å². The van der Waals surface area contributed by atoms with Crippen LogP contribution in [0, 0.1) is 0 Å². The van der Waals surface area contributed by atoms with Crippen LogP contribution in [-0.2, 0) is 33.9 Å². The molecule has 2 heterocycles. The lowest BCUT2D eigenvalue weighted by Gasteiger charge is -2.15. The van der Waals surface area contributed by atoms with Crippen molar-refractivity contribution < 1.29 is 19.4 Å². The number of halogens is 1. The Labute approximate surface area is 224 Å². The van der Waals surface area contributed by atoms with Crippen LogP contribution < -0.4 is 5.32 Å². The molecule has 38 heavy (non-hydrogen) atoms. The molecule has 0 aliphatic rings. The minimum Gasteiger partial charge on any atom is -0.480 e. The number of carbonyl (C=O) groups is 2. The molecule has 2 aromatic heterocycles. The maximum atomic E-state index is 12.3. The summed E-state index contributed by atoms with van der Waals surface area (Å²) in [7, 11) is 1.38. The number of H-pyrrole nitrogens is 1. The van der Waals surface area contributed by atoms with E-state index in [2.05, 4.69) is 37.8 Å². The molecule has 4 aromatic rings. The SMILES string of the molecule is CCCCc1nc(Cl)c(COC(=O)[C@H](NC)C(=O)O)n1Cc1ccc(-c2ccccc2-c2nn[nH]n2)cc1. The Hall–Kier alpha value is -4.09. The summed E-state index contributed by atoms with van der Waals surface area (Å²) < 4.78 is 7.23. The molecule has 0 bridgehead atoms. The van der Waals surface area contributed by atoms with Crippen molar-refractivity contribution in [2.45, 2.75) is 45.4 Å². The van der Waals surface area contributed by atoms with Gasteiger partial charge >= 0.3 is 11.9 Å². The zero-order chi connectivity index (χ0) is 27.1. The summed E-state index contributed by atoms with van der Waals surface area (Å²) in [5.74, 6) is -0.927. The molecule has 0 amide bonds. The number of aromatic nitrogens is 6. The lowest BCUT2D eigenvalue weighted by atomic mass is 9.98. The summed E-state index contributed by atoms with van der Waals surface area (Å²) >= 11 is 6.45. The van der Waals surface area contributed by atoms with Gasteiger partial charge < -0.3 is 14.4 Å². The molecule has 0 spiro atoms. The number of hydrogen-bond acceptors (Lipinski definition) is 8. The maximum absolute atomic E-state index is 12.3. The van der Waals surface area contributed by atoms with Gasteiger partial charge in [-0.3, -0.25) is 5.32 Å². The maximum Gasteiger partial charge on any atom is 0.335 e. The Bertz CT molecular complexity index is 1390. The van der Waals surface area contributed by atoms with Crippen molar-refractivity contribution in [1.82, 2.24) is 35.5 Å². The Morgan fingerprint density at radius 2 is 1.89 bits per heavy atom. The molecule has 0 radical (unpaired) electrons. The van der Waals surface area contributed by atoms with Crippen molar-refractivity contribution in [3.8, 4) is 22.5 Å². The topological polar surface area (TPSA) is 148 Å². The van der Waals surface area contributed by atoms with Gasteiger partial charge in [0.15, 0.2) is 5.15 Å². The van der Waals surface area contributed by atoms with Gasteiger partial charge in [0.05, 0.1) is 5.69 Å². The Morgan fingerprint density at radius 1 is 1.16 bits per heavy atom. The van der Waals surface area contributed by atoms with E-state index in [1.807, 2.05) is 53.1 Å². The average Bonchev–Trinajstić information content (AvgIpc) is 3.55. The van der Waals surface area contributed by atoms with Crippen LogP contribution in [0.4, 0.5) is 0 Å². The highest BCUT2D eigenvalue weighted by atomic mass is 35.5. The monoisotopic (exact) mass is 537 g/mol. The molecule has 0 saturated heterocycles. The van der Waals surface area contributed by atoms with Gasteiger partial charge in [0.25, 0.3) is 0 Å². The van der Waals surface area contributed by atoms with Crippen LogP contribution >= 0.6 is 11.6 Å². The van der Waals surface area contributed by atoms with E-state index < -0.39 is 18.0 Å². The number of nitrogens with zero attached hydrogens (tertiary/aromatic N) is 5. The van der Waals surface area contributed by atoms with E-state index in [-0.39, 0.29) is 11.8 Å². The molecule has 12 heteroatoms. The van der Waals surface area contributed by atoms with E-state index in [0.717, 1.165) is 40.9 Å². The molecule has 2 aromatic carbocycles. The van der Waals surface area contributed by atoms with Gasteiger partial charge in [-0.15, -0.1) is 10.2 Å². The Kier molecular flexibility index (Phi) is 8.82. The summed E-state index contributed by atoms with van der Waals surface area (Å²) in [5, 5.41) is 26.2. The number of imidazole rings is 1. The number of unbranched alkanes of at least 4 members (excludes halogenated alkanes) is 1. The van der Waals surface area contributed by atoms with E-state index in [1.165, 1.54) is 7.05 Å². The van der Waals surface area contributed by atoms with Crippen LogP contribution in [0.2, 0.25) is 5.15 Å². The molecule has 11 nitrogen and oxygen atoms in total. The number of carbonyl (C=O) groups excluding carboxylic acids is 1. The standard InChI is InChI=1S/C26H28ClN7O4/c1-3-4-9-21-29-23(27)20(15-38-26(37)22(28-2)25(35)36)34(21)14-16-10-12-17(13-11-16)18-7-5-6-8-19(18)24-30-32-33-31-24/h5-8,10-13,22,28H,3-4,9,14-15H2,1-2H3,(H,35,36)(H,30,31,32,33)/t22-/m1/s1. The van der Waals surface area contributed by atoms with Crippen LogP contribution in [0.25, 0.3) is 22.5 Å². The van der Waals surface area contributed by atoms with Crippen molar-refractivity contribution in [1.29, 1.82) is 0 Å². The van der Waals surface area contributed by atoms with Crippen LogP contribution in [-0.4, -0.2) is 60.3 Å². The highest BCUT2D eigenvalue weighted by Crippen LogP contribution is 2.30. The number of ether oxygens (including phenoxy) is 1. The smallest absolute Gasteiger partial charge is 0.335 e. The first-order chi connectivity index (χ1) is 18.4. The zero-order valence-electron chi connectivity index (χ0n) is 21.0. The number of hydrogen-bond donors (Lipinski definition) is 3. The van der Waals surface area contributed by atoms with Crippen molar-refractivity contribution in [3.63, 3.8) is 0 Å². The van der Waals surface area contributed by atoms with Gasteiger partial charge in [-0.1, -0.05) is 73.5 Å². The van der Waals surface area contributed by atoms with Gasteiger partial charge in [0.1, 0.15) is 12.4 Å². The number of likely N-dealkylation sites (N-methyl/N-ethyl adjacent to an activating group) is 1. The largest absolute Gasteiger partial charge is 0.480 e. The summed E-state index contributed by atoms with van der Waals surface area (Å²) in [6.45, 7) is 2.34. The second-order valence-electron chi connectivity index (χ2n) is 8.60. The first-order valence-electron chi connectivity index (χ1n) is 12.2. The lowest BCUT2D eigenvalue weighted by molar-refractivity contribution is -0.155. The summed E-state index contributed by atoms with van der Waals surface area (Å²) in [6.07, 6.45) is 2.60. The molecule has 198 valence electrons. The van der Waals surface area contributed by atoms with Crippen LogP contribution in [0.3, 0.4) is 0 Å². The molecule has 4 rings (SSSR count). The number of aliphatic carboxylic acids is 1. The fraction of sp³-hybridized carbons (Fsp3) is 0.308. The number of carboxylic acids is 1. The minimum absolute atomic E-state index is 0.196. The summed E-state index contributed by atoms with van der Waals surface area (Å²) in [4.78, 5) is 28.1. The normalized spacial score (nSPS) is 11.9. The van der Waals surface area contributed by atoms with Crippen LogP contribution in [0.5, 0.6) is 0 Å². The first kappa shape index (κ1) is 27.0. The number of nitrogens with one attached hydrogen (secondary N) is 2. The van der Waals surface area contributed by atoms with E-state index in [0.29, 0.717) is 24.5 Å². The second kappa shape index (κ2) is 12.4. The average molecular weight is 538 g/mol. The molecule has 0 aliphatic heterocycles. The number of esters is 1. The minimum atomic E-state index is -1.47. The third-order valence-corrected chi connectivity index (χ3v) is 6.40. The van der Waals surface area contributed by atoms with Crippen molar-refractivity contribution in [2.75, 3.05) is 7.05 Å². The molecule has 0 saturated carbocycles. The number of aromatic amines is 1. The van der Waals surface area contributed by atoms with E-state index >= 15 is 0 Å². The van der Waals surface area contributed by atoms with Gasteiger partial charge in [-0.25, -0.2) is 14.6 Å². The van der Waals surface area contributed by atoms with Crippen LogP contribution in [0.1, 0.15) is 36.8 Å². The third-order valence-electron chi connectivity index (χ3n) is 6.10. The van der Waals surface area contributed by atoms with Gasteiger partial charge in [0, 0.05) is 18.5 Å². The molecule has 0 fully saturated rings. The Balaban J connectivity index is 1.59. The third kappa shape index (κ3) is 6.06. The molecule has 0 aliphatic carbocycles. The number of carboxylic acid groups (broad SMARTS) is 1. The lowest BCUT2D eigenvalue weighted by Crippen LogP contribution is -2.42. The summed E-state index contributed by atoms with van der Waals surface area (Å²) in [6, 6.07) is 14.4. The van der Waals surface area contributed by atoms with Gasteiger partial charge in [0.2, 0.25) is 11.9 Å². The fourth-order valence-electron chi connectivity index (χ4n) is 4.10. The Morgan fingerprint density at radius 3 is 2.53 bits per heavy atom. The van der Waals surface area contributed by atoms with E-state index in [1.54, 1.807) is 0 Å². The molecule has 3 N–H and O–H groups in total. The highest BCUT2D eigenvalue weighted by molar-refractivity contribution is 6.30. The van der Waals surface area contributed by atoms with Crippen LogP contribution in [0.15, 0.2) is 48.5 Å². The predicted molar refractivity (Wildman–Crippen MR) is 140 cm³/mol.